The number of carboxylic acids is 1. The molecule has 0 aromatic carbocycles. The first kappa shape index (κ1) is 15.9. The Morgan fingerprint density at radius 1 is 1.38 bits per heavy atom. The number of hydrogen-bond donors (Lipinski definition) is 2. The molecular formula is C15H22N2O3S. The largest absolute Gasteiger partial charge is 0.480 e. The number of nitrogens with one attached hydrogen (secondary N) is 1. The Kier molecular flexibility index (Phi) is 4.66. The van der Waals surface area contributed by atoms with Crippen LogP contribution in [0.25, 0.3) is 0 Å². The molecule has 1 saturated carbocycles. The van der Waals surface area contributed by atoms with Crippen molar-refractivity contribution in [3.63, 3.8) is 0 Å². The normalized spacial score (nSPS) is 25.6. The topological polar surface area (TPSA) is 79.3 Å². The van der Waals surface area contributed by atoms with E-state index in [0.717, 1.165) is 29.1 Å². The van der Waals surface area contributed by atoms with Gasteiger partial charge in [0.25, 0.3) is 5.91 Å². The standard InChI is InChI=1S/C15H22N2O3S/c1-4-11-5-7-15(8-6-11,14(19)20)17-13(18)12-9(2)21-10(3)16-12/h11H,4-8H2,1-3H3,(H,17,18)(H,19,20). The highest BCUT2D eigenvalue weighted by Gasteiger charge is 2.43. The van der Waals surface area contributed by atoms with E-state index in [0.29, 0.717) is 24.5 Å². The Morgan fingerprint density at radius 3 is 2.43 bits per heavy atom. The third-order valence-corrected chi connectivity index (χ3v) is 5.30. The second-order valence-electron chi connectivity index (χ2n) is 5.83. The number of amides is 1. The summed E-state index contributed by atoms with van der Waals surface area (Å²) in [5, 5.41) is 13.2. The van der Waals surface area contributed by atoms with Gasteiger partial charge >= 0.3 is 5.97 Å². The molecule has 0 saturated heterocycles. The molecule has 1 fully saturated rings. The van der Waals surface area contributed by atoms with Gasteiger partial charge in [0.1, 0.15) is 11.2 Å². The number of nitrogens with zero attached hydrogens (tertiary/aromatic N) is 1. The quantitative estimate of drug-likeness (QED) is 0.896. The fourth-order valence-electron chi connectivity index (χ4n) is 2.99. The van der Waals surface area contributed by atoms with Crippen molar-refractivity contribution >= 4 is 23.2 Å². The smallest absolute Gasteiger partial charge is 0.329 e. The van der Waals surface area contributed by atoms with Gasteiger partial charge in [-0.2, -0.15) is 0 Å². The van der Waals surface area contributed by atoms with Crippen molar-refractivity contribution in [2.45, 2.75) is 58.4 Å². The zero-order valence-electron chi connectivity index (χ0n) is 12.7. The van der Waals surface area contributed by atoms with E-state index in [-0.39, 0.29) is 5.91 Å². The molecule has 1 heterocycles. The number of aliphatic carboxylic acids is 1. The Labute approximate surface area is 128 Å². The number of thiazole rings is 1. The van der Waals surface area contributed by atoms with Gasteiger partial charge in [0.15, 0.2) is 0 Å². The minimum absolute atomic E-state index is 0.357. The van der Waals surface area contributed by atoms with Crippen LogP contribution in [0.1, 0.15) is 59.4 Å². The average Bonchev–Trinajstić information content (AvgIpc) is 2.78. The van der Waals surface area contributed by atoms with E-state index in [2.05, 4.69) is 17.2 Å². The van der Waals surface area contributed by atoms with E-state index in [4.69, 9.17) is 0 Å². The van der Waals surface area contributed by atoms with E-state index >= 15 is 0 Å². The van der Waals surface area contributed by atoms with Crippen molar-refractivity contribution in [3.8, 4) is 0 Å². The Bertz CT molecular complexity index is 545. The van der Waals surface area contributed by atoms with Crippen molar-refractivity contribution in [1.29, 1.82) is 0 Å². The van der Waals surface area contributed by atoms with E-state index in [1.165, 1.54) is 11.3 Å². The number of carboxylic acid groups (broad SMARTS) is 1. The average molecular weight is 310 g/mol. The summed E-state index contributed by atoms with van der Waals surface area (Å²) in [5.74, 6) is -0.734. The van der Waals surface area contributed by atoms with Gasteiger partial charge in [-0.15, -0.1) is 11.3 Å². The first-order valence-corrected chi connectivity index (χ1v) is 8.19. The van der Waals surface area contributed by atoms with Crippen LogP contribution < -0.4 is 5.32 Å². The predicted octanol–water partition coefficient (Wildman–Crippen LogP) is 2.91. The zero-order chi connectivity index (χ0) is 15.6. The second-order valence-corrected chi connectivity index (χ2v) is 7.24. The molecule has 2 rings (SSSR count). The molecule has 116 valence electrons. The van der Waals surface area contributed by atoms with Gasteiger partial charge in [-0.25, -0.2) is 9.78 Å². The van der Waals surface area contributed by atoms with E-state index in [1.807, 2.05) is 13.8 Å². The summed E-state index contributed by atoms with van der Waals surface area (Å²) in [7, 11) is 0. The molecule has 1 aromatic rings. The lowest BCUT2D eigenvalue weighted by atomic mass is 9.75. The highest BCUT2D eigenvalue weighted by molar-refractivity contribution is 7.11. The van der Waals surface area contributed by atoms with Crippen molar-refractivity contribution < 1.29 is 14.7 Å². The van der Waals surface area contributed by atoms with Crippen LogP contribution in [0.15, 0.2) is 0 Å². The summed E-state index contributed by atoms with van der Waals surface area (Å²) in [6.45, 7) is 5.80. The first-order valence-electron chi connectivity index (χ1n) is 7.38. The van der Waals surface area contributed by atoms with Crippen LogP contribution in [0.2, 0.25) is 0 Å². The summed E-state index contributed by atoms with van der Waals surface area (Å²) < 4.78 is 0. The number of carbonyl (C=O) groups is 2. The van der Waals surface area contributed by atoms with Crippen molar-refractivity contribution in [2.24, 2.45) is 5.92 Å². The molecule has 1 aliphatic carbocycles. The maximum atomic E-state index is 12.4. The molecular weight excluding hydrogens is 288 g/mol. The zero-order valence-corrected chi connectivity index (χ0v) is 13.5. The molecule has 0 aliphatic heterocycles. The lowest BCUT2D eigenvalue weighted by Gasteiger charge is -2.37. The number of hydrogen-bond acceptors (Lipinski definition) is 4. The van der Waals surface area contributed by atoms with Gasteiger partial charge in [-0.3, -0.25) is 4.79 Å². The highest BCUT2D eigenvalue weighted by Crippen LogP contribution is 2.34. The van der Waals surface area contributed by atoms with Crippen LogP contribution >= 0.6 is 11.3 Å². The molecule has 1 aliphatic rings. The fraction of sp³-hybridized carbons (Fsp3) is 0.667. The molecule has 0 radical (unpaired) electrons. The lowest BCUT2D eigenvalue weighted by Crippen LogP contribution is -2.56. The van der Waals surface area contributed by atoms with E-state index in [9.17, 15) is 14.7 Å². The van der Waals surface area contributed by atoms with Crippen molar-refractivity contribution in [3.05, 3.63) is 15.6 Å². The van der Waals surface area contributed by atoms with Gasteiger partial charge in [0.2, 0.25) is 0 Å². The molecule has 0 atom stereocenters. The number of aryl methyl sites for hydroxylation is 2. The Hall–Kier alpha value is -1.43. The number of rotatable bonds is 4. The number of carbonyl (C=O) groups excluding carboxylic acids is 1. The molecule has 0 unspecified atom stereocenters. The maximum Gasteiger partial charge on any atom is 0.329 e. The summed E-state index contributed by atoms with van der Waals surface area (Å²) >= 11 is 1.45. The third kappa shape index (κ3) is 3.26. The molecule has 0 spiro atoms. The van der Waals surface area contributed by atoms with Gasteiger partial charge in [-0.05, 0) is 45.4 Å². The van der Waals surface area contributed by atoms with Crippen LogP contribution in [0, 0.1) is 19.8 Å². The van der Waals surface area contributed by atoms with Crippen molar-refractivity contribution in [1.82, 2.24) is 10.3 Å². The molecule has 6 heteroatoms. The fourth-order valence-corrected chi connectivity index (χ4v) is 3.80. The molecule has 1 aromatic heterocycles. The number of aromatic nitrogens is 1. The van der Waals surface area contributed by atoms with Crippen LogP contribution in [-0.2, 0) is 4.79 Å². The lowest BCUT2D eigenvalue weighted by molar-refractivity contribution is -0.146. The Morgan fingerprint density at radius 2 is 2.00 bits per heavy atom. The third-order valence-electron chi connectivity index (χ3n) is 4.42. The molecule has 21 heavy (non-hydrogen) atoms. The van der Waals surface area contributed by atoms with Crippen molar-refractivity contribution in [2.75, 3.05) is 0 Å². The van der Waals surface area contributed by atoms with Crippen LogP contribution in [0.5, 0.6) is 0 Å². The van der Waals surface area contributed by atoms with E-state index < -0.39 is 11.5 Å². The molecule has 1 amide bonds. The molecule has 0 bridgehead atoms. The molecule has 5 nitrogen and oxygen atoms in total. The summed E-state index contributed by atoms with van der Waals surface area (Å²) in [6, 6.07) is 0. The summed E-state index contributed by atoms with van der Waals surface area (Å²) in [6.07, 6.45) is 3.74. The van der Waals surface area contributed by atoms with Gasteiger partial charge in [0, 0.05) is 4.88 Å². The minimum Gasteiger partial charge on any atom is -0.480 e. The SMILES string of the molecule is CCC1CCC(NC(=O)c2nc(C)sc2C)(C(=O)O)CC1. The maximum absolute atomic E-state index is 12.4. The van der Waals surface area contributed by atoms with Gasteiger partial charge in [-0.1, -0.05) is 13.3 Å². The van der Waals surface area contributed by atoms with Gasteiger partial charge in [0.05, 0.1) is 5.01 Å². The van der Waals surface area contributed by atoms with Crippen LogP contribution in [-0.4, -0.2) is 27.5 Å². The monoisotopic (exact) mass is 310 g/mol. The van der Waals surface area contributed by atoms with Gasteiger partial charge < -0.3 is 10.4 Å². The second kappa shape index (κ2) is 6.13. The summed E-state index contributed by atoms with van der Waals surface area (Å²) in [5.41, 5.74) is -0.775. The molecule has 2 N–H and O–H groups in total. The Balaban J connectivity index is 2.16. The van der Waals surface area contributed by atoms with E-state index in [1.54, 1.807) is 0 Å². The highest BCUT2D eigenvalue weighted by atomic mass is 32.1. The minimum atomic E-state index is -1.13. The predicted molar refractivity (Wildman–Crippen MR) is 81.7 cm³/mol. The van der Waals surface area contributed by atoms with Crippen LogP contribution in [0.4, 0.5) is 0 Å². The van der Waals surface area contributed by atoms with Crippen LogP contribution in [0.3, 0.4) is 0 Å². The summed E-state index contributed by atoms with van der Waals surface area (Å²) in [4.78, 5) is 29.1. The first-order chi connectivity index (χ1) is 9.88.